The van der Waals surface area contributed by atoms with E-state index in [0.717, 1.165) is 23.1 Å². The molecule has 0 spiro atoms. The highest BCUT2D eigenvalue weighted by Crippen LogP contribution is 2.39. The molecule has 2 aromatic carbocycles. The number of hydrogen-bond acceptors (Lipinski definition) is 5. The number of fused-ring (bicyclic) bond motifs is 1. The number of hydrogen-bond donors (Lipinski definition) is 2. The van der Waals surface area contributed by atoms with E-state index in [2.05, 4.69) is 57.8 Å². The lowest BCUT2D eigenvalue weighted by molar-refractivity contribution is 0.438. The first-order valence-corrected chi connectivity index (χ1v) is 12.0. The smallest absolute Gasteiger partial charge is 0.147 e. The number of thiol groups is 1. The number of benzene rings is 2. The van der Waals surface area contributed by atoms with Crippen LogP contribution in [0.3, 0.4) is 0 Å². The summed E-state index contributed by atoms with van der Waals surface area (Å²) in [5.41, 5.74) is 4.05. The van der Waals surface area contributed by atoms with E-state index in [1.807, 2.05) is 13.0 Å². The summed E-state index contributed by atoms with van der Waals surface area (Å²) in [6.45, 7) is 14.6. The fraction of sp³-hybridized carbons (Fsp3) is 0.500. The topological polar surface area (TPSA) is 85.1 Å². The van der Waals surface area contributed by atoms with Gasteiger partial charge in [0.25, 0.3) is 0 Å². The molecule has 31 heavy (non-hydrogen) atoms. The highest BCUT2D eigenvalue weighted by Gasteiger charge is 2.26. The first-order valence-electron chi connectivity index (χ1n) is 10.7. The molecule has 1 heterocycles. The van der Waals surface area contributed by atoms with Crippen molar-refractivity contribution in [3.63, 3.8) is 0 Å². The van der Waals surface area contributed by atoms with Crippen molar-refractivity contribution in [2.75, 3.05) is 0 Å². The van der Waals surface area contributed by atoms with Gasteiger partial charge in [0.2, 0.25) is 0 Å². The number of nitrogens with zero attached hydrogens (tertiary/aromatic N) is 3. The highest BCUT2D eigenvalue weighted by atomic mass is 32.2. The van der Waals surface area contributed by atoms with Crippen molar-refractivity contribution < 1.29 is 13.5 Å². The van der Waals surface area contributed by atoms with Gasteiger partial charge in [-0.1, -0.05) is 67.0 Å². The minimum atomic E-state index is -2.57. The van der Waals surface area contributed by atoms with Gasteiger partial charge in [-0.2, -0.15) is 0 Å². The predicted octanol–water partition coefficient (Wildman–Crippen LogP) is 5.17. The Morgan fingerprint density at radius 3 is 2.16 bits per heavy atom. The fourth-order valence-corrected chi connectivity index (χ4v) is 4.56. The van der Waals surface area contributed by atoms with E-state index in [4.69, 9.17) is 0 Å². The number of aromatic nitrogens is 3. The molecule has 0 aliphatic rings. The summed E-state index contributed by atoms with van der Waals surface area (Å²) in [6, 6.07) is 9.38. The summed E-state index contributed by atoms with van der Waals surface area (Å²) in [4.78, 5) is 1.46. The Morgan fingerprint density at radius 2 is 1.61 bits per heavy atom. The molecule has 6 nitrogen and oxygen atoms in total. The van der Waals surface area contributed by atoms with E-state index >= 15 is 0 Å². The zero-order chi connectivity index (χ0) is 23.1. The second-order valence-electron chi connectivity index (χ2n) is 10.2. The van der Waals surface area contributed by atoms with Crippen LogP contribution < -0.4 is 0 Å². The average molecular weight is 444 g/mol. The molecule has 0 saturated carbocycles. The van der Waals surface area contributed by atoms with E-state index in [0.29, 0.717) is 23.1 Å². The Labute approximate surface area is 186 Å². The molecule has 0 bridgehead atoms. The van der Waals surface area contributed by atoms with Crippen LogP contribution in [-0.2, 0) is 21.5 Å². The van der Waals surface area contributed by atoms with E-state index in [-0.39, 0.29) is 16.6 Å². The third-order valence-corrected chi connectivity index (χ3v) is 6.65. The molecule has 1 N–H and O–H groups in total. The van der Waals surface area contributed by atoms with Crippen molar-refractivity contribution in [3.05, 3.63) is 47.0 Å². The summed E-state index contributed by atoms with van der Waals surface area (Å²) in [5, 5.41) is 19.7. The lowest BCUT2D eigenvalue weighted by Crippen LogP contribution is -2.18. The Morgan fingerprint density at radius 1 is 0.968 bits per heavy atom. The molecule has 0 fully saturated rings. The molecule has 1 unspecified atom stereocenters. The van der Waals surface area contributed by atoms with Crippen molar-refractivity contribution in [1.29, 1.82) is 0 Å². The molecule has 0 radical (unpaired) electrons. The molecular formula is C24H33N3O3S. The molecule has 1 atom stereocenters. The van der Waals surface area contributed by atoms with E-state index in [1.54, 1.807) is 18.2 Å². The van der Waals surface area contributed by atoms with Crippen LogP contribution in [0.15, 0.2) is 30.3 Å². The summed E-state index contributed by atoms with van der Waals surface area (Å²) >= 11 is 0. The normalized spacial score (nSPS) is 13.8. The zero-order valence-corrected chi connectivity index (χ0v) is 20.3. The summed E-state index contributed by atoms with van der Waals surface area (Å²) in [6.07, 6.45) is 1.35. The van der Waals surface area contributed by atoms with Crippen molar-refractivity contribution in [1.82, 2.24) is 15.0 Å². The molecule has 0 aliphatic carbocycles. The van der Waals surface area contributed by atoms with Gasteiger partial charge >= 0.3 is 0 Å². The van der Waals surface area contributed by atoms with Gasteiger partial charge in [-0.25, -0.2) is 8.42 Å². The summed E-state index contributed by atoms with van der Waals surface area (Å²) < 4.78 is 23.4. The number of phenols is 1. The molecule has 168 valence electrons. The fourth-order valence-electron chi connectivity index (χ4n) is 3.69. The average Bonchev–Trinajstić information content (AvgIpc) is 3.07. The van der Waals surface area contributed by atoms with Gasteiger partial charge in [-0.15, -0.1) is 15.0 Å². The van der Waals surface area contributed by atoms with E-state index in [1.165, 1.54) is 4.80 Å². The van der Waals surface area contributed by atoms with Gasteiger partial charge in [0.05, 0.1) is 5.25 Å². The molecule has 0 saturated heterocycles. The molecule has 7 heteroatoms. The first-order chi connectivity index (χ1) is 14.3. The molecule has 1 aromatic heterocycles. The monoisotopic (exact) mass is 443 g/mol. The lowest BCUT2D eigenvalue weighted by atomic mass is 9.80. The van der Waals surface area contributed by atoms with E-state index < -0.39 is 16.0 Å². The largest absolute Gasteiger partial charge is 0.505 e. The Bertz CT molecular complexity index is 1170. The van der Waals surface area contributed by atoms with Crippen molar-refractivity contribution in [3.8, 4) is 11.4 Å². The second-order valence-corrected chi connectivity index (χ2v) is 11.4. The summed E-state index contributed by atoms with van der Waals surface area (Å²) in [5.74, 6) is 0.160. The van der Waals surface area contributed by atoms with Crippen LogP contribution in [-0.4, -0.2) is 28.5 Å². The first kappa shape index (κ1) is 23.3. The minimum Gasteiger partial charge on any atom is -0.505 e. The molecule has 0 amide bonds. The van der Waals surface area contributed by atoms with Crippen LogP contribution >= 0.6 is 0 Å². The van der Waals surface area contributed by atoms with Crippen LogP contribution in [0.5, 0.6) is 5.75 Å². The van der Waals surface area contributed by atoms with Crippen LogP contribution in [0.2, 0.25) is 0 Å². The Kier molecular flexibility index (Phi) is 6.20. The van der Waals surface area contributed by atoms with Gasteiger partial charge in [0.15, 0.2) is 0 Å². The molecule has 3 aromatic rings. The van der Waals surface area contributed by atoms with Crippen LogP contribution in [0.25, 0.3) is 16.7 Å². The van der Waals surface area contributed by atoms with Gasteiger partial charge in [0, 0.05) is 5.56 Å². The van der Waals surface area contributed by atoms with E-state index in [9.17, 15) is 13.5 Å². The minimum absolute atomic E-state index is 0.116. The second kappa shape index (κ2) is 8.26. The van der Waals surface area contributed by atoms with Gasteiger partial charge in [-0.3, -0.25) is 0 Å². The highest BCUT2D eigenvalue weighted by molar-refractivity contribution is 7.72. The summed E-state index contributed by atoms with van der Waals surface area (Å²) in [7, 11) is -2.57. The Balaban J connectivity index is 2.19. The predicted molar refractivity (Wildman–Crippen MR) is 126 cm³/mol. The lowest BCUT2D eigenvalue weighted by Gasteiger charge is -2.27. The van der Waals surface area contributed by atoms with Crippen LogP contribution in [0.1, 0.15) is 83.2 Å². The van der Waals surface area contributed by atoms with Crippen LogP contribution in [0, 0.1) is 0 Å². The van der Waals surface area contributed by atoms with Gasteiger partial charge < -0.3 is 5.11 Å². The molecule has 0 aliphatic heterocycles. The molecular weight excluding hydrogens is 410 g/mol. The maximum absolute atomic E-state index is 11.7. The number of phenolic OH excluding ortho intramolecular Hbond substituents is 1. The standard InChI is InChI=1S/C24H33N3O3S/c1-8-9-21(31(29)30)15-10-11-18-19(12-15)26-27(25-18)20-14-16(23(2,3)4)13-17(22(20)28)24(5,6)7/h10-14,21,28,31H,8-9H2,1-7H3. The maximum Gasteiger partial charge on any atom is 0.147 e. The van der Waals surface area contributed by atoms with Crippen molar-refractivity contribution >= 4 is 21.7 Å². The number of aromatic hydroxyl groups is 1. The van der Waals surface area contributed by atoms with Gasteiger partial charge in [-0.05, 0) is 46.6 Å². The number of rotatable bonds is 5. The van der Waals surface area contributed by atoms with Gasteiger partial charge in [0.1, 0.15) is 33.2 Å². The quantitative estimate of drug-likeness (QED) is 0.531. The van der Waals surface area contributed by atoms with Crippen molar-refractivity contribution in [2.45, 2.75) is 77.4 Å². The third-order valence-electron chi connectivity index (χ3n) is 5.59. The Hall–Kier alpha value is -2.41. The zero-order valence-electron chi connectivity index (χ0n) is 19.4. The SMILES string of the molecule is CCCC(c1ccc2nn(-c3cc(C(C)(C)C)cc(C(C)(C)C)c3O)nc2c1)[SH](=O)=O. The third kappa shape index (κ3) is 4.76. The van der Waals surface area contributed by atoms with Crippen molar-refractivity contribution in [2.24, 2.45) is 0 Å². The molecule has 3 rings (SSSR count). The maximum atomic E-state index is 11.7. The van der Waals surface area contributed by atoms with Crippen LogP contribution in [0.4, 0.5) is 0 Å².